The number of carbonyl (C=O) groups excluding carboxylic acids is 2. The summed E-state index contributed by atoms with van der Waals surface area (Å²) >= 11 is 5.52. The highest BCUT2D eigenvalue weighted by Crippen LogP contribution is 2.32. The molecular weight excluding hydrogens is 398 g/mol. The molecule has 0 radical (unpaired) electrons. The summed E-state index contributed by atoms with van der Waals surface area (Å²) in [5, 5.41) is 6.80. The molecule has 1 heterocycles. The maximum absolute atomic E-state index is 12.7. The van der Waals surface area contributed by atoms with E-state index in [0.29, 0.717) is 35.9 Å². The second-order valence-electron chi connectivity index (χ2n) is 7.33. The molecule has 2 rings (SSSR count). The van der Waals surface area contributed by atoms with Gasteiger partial charge in [-0.15, -0.1) is 0 Å². The van der Waals surface area contributed by atoms with E-state index in [1.165, 1.54) is 0 Å². The molecule has 7 heteroatoms. The summed E-state index contributed by atoms with van der Waals surface area (Å²) in [6, 6.07) is 7.11. The molecule has 2 N–H and O–H groups in total. The lowest BCUT2D eigenvalue weighted by molar-refractivity contribution is -0.139. The molecular formula is C23H33N3O3S. The minimum Gasteiger partial charge on any atom is -0.463 e. The predicted octanol–water partition coefficient (Wildman–Crippen LogP) is 4.68. The third-order valence-corrected chi connectivity index (χ3v) is 5.51. The molecule has 0 spiro atoms. The van der Waals surface area contributed by atoms with E-state index in [0.717, 1.165) is 36.9 Å². The van der Waals surface area contributed by atoms with Crippen molar-refractivity contribution in [1.82, 2.24) is 10.2 Å². The first-order valence-corrected chi connectivity index (χ1v) is 11.2. The SMILES string of the molecule is CCCCCCC(=O)Nc1cccc(C2NC(=S)N(CC)C(C)=C2C(=O)OCC)c1. The third-order valence-electron chi connectivity index (χ3n) is 5.17. The van der Waals surface area contributed by atoms with Crippen molar-refractivity contribution in [1.29, 1.82) is 0 Å². The van der Waals surface area contributed by atoms with Gasteiger partial charge in [0.1, 0.15) is 0 Å². The van der Waals surface area contributed by atoms with Gasteiger partial charge in [0, 0.05) is 24.4 Å². The molecule has 1 aliphatic heterocycles. The molecule has 0 bridgehead atoms. The van der Waals surface area contributed by atoms with Crippen LogP contribution in [0.1, 0.15) is 71.4 Å². The quantitative estimate of drug-likeness (QED) is 0.318. The Hall–Kier alpha value is -2.41. The van der Waals surface area contributed by atoms with Crippen LogP contribution in [0.5, 0.6) is 0 Å². The van der Waals surface area contributed by atoms with Crippen LogP contribution in [0, 0.1) is 0 Å². The number of unbranched alkanes of at least 4 members (excludes halogenated alkanes) is 3. The van der Waals surface area contributed by atoms with Crippen molar-refractivity contribution >= 4 is 34.9 Å². The second kappa shape index (κ2) is 11.7. The van der Waals surface area contributed by atoms with Crippen molar-refractivity contribution in [3.05, 3.63) is 41.1 Å². The van der Waals surface area contributed by atoms with E-state index in [9.17, 15) is 9.59 Å². The number of ether oxygens (including phenoxy) is 1. The molecule has 0 fully saturated rings. The van der Waals surface area contributed by atoms with Gasteiger partial charge in [0.05, 0.1) is 18.2 Å². The molecule has 0 saturated heterocycles. The summed E-state index contributed by atoms with van der Waals surface area (Å²) < 4.78 is 5.31. The Morgan fingerprint density at radius 2 is 1.97 bits per heavy atom. The summed E-state index contributed by atoms with van der Waals surface area (Å²) in [7, 11) is 0. The molecule has 0 aromatic heterocycles. The van der Waals surface area contributed by atoms with Gasteiger partial charge in [0.25, 0.3) is 0 Å². The predicted molar refractivity (Wildman–Crippen MR) is 124 cm³/mol. The topological polar surface area (TPSA) is 70.7 Å². The third kappa shape index (κ3) is 6.05. The number of allylic oxidation sites excluding steroid dienone is 1. The van der Waals surface area contributed by atoms with E-state index in [1.807, 2.05) is 43.0 Å². The lowest BCUT2D eigenvalue weighted by atomic mass is 9.94. The average molecular weight is 432 g/mol. The number of rotatable bonds is 10. The Kier molecular flexibility index (Phi) is 9.30. The first-order chi connectivity index (χ1) is 14.4. The summed E-state index contributed by atoms with van der Waals surface area (Å²) in [6.45, 7) is 8.76. The van der Waals surface area contributed by atoms with Crippen LogP contribution < -0.4 is 10.6 Å². The first-order valence-electron chi connectivity index (χ1n) is 10.8. The van der Waals surface area contributed by atoms with Crippen molar-refractivity contribution in [3.8, 4) is 0 Å². The van der Waals surface area contributed by atoms with Gasteiger partial charge in [0.15, 0.2) is 5.11 Å². The van der Waals surface area contributed by atoms with Crippen molar-refractivity contribution < 1.29 is 14.3 Å². The minimum absolute atomic E-state index is 0.00451. The van der Waals surface area contributed by atoms with E-state index in [2.05, 4.69) is 17.6 Å². The highest BCUT2D eigenvalue weighted by Gasteiger charge is 2.34. The first kappa shape index (κ1) is 23.9. The van der Waals surface area contributed by atoms with Crippen molar-refractivity contribution in [2.75, 3.05) is 18.5 Å². The van der Waals surface area contributed by atoms with Crippen molar-refractivity contribution in [2.45, 2.75) is 65.8 Å². The molecule has 6 nitrogen and oxygen atoms in total. The zero-order chi connectivity index (χ0) is 22.1. The summed E-state index contributed by atoms with van der Waals surface area (Å²) in [4.78, 5) is 26.9. The number of amides is 1. The number of nitrogens with zero attached hydrogens (tertiary/aromatic N) is 1. The second-order valence-corrected chi connectivity index (χ2v) is 7.72. The number of esters is 1. The lowest BCUT2D eigenvalue weighted by Gasteiger charge is -2.37. The lowest BCUT2D eigenvalue weighted by Crippen LogP contribution is -2.47. The minimum atomic E-state index is -0.430. The van der Waals surface area contributed by atoms with Crippen molar-refractivity contribution in [2.24, 2.45) is 0 Å². The van der Waals surface area contributed by atoms with E-state index < -0.39 is 6.04 Å². The molecule has 1 aromatic rings. The van der Waals surface area contributed by atoms with Crippen molar-refractivity contribution in [3.63, 3.8) is 0 Å². The standard InChI is InChI=1S/C23H33N3O3S/c1-5-8-9-10-14-19(27)24-18-13-11-12-17(15-18)21-20(22(28)29-7-3)16(4)26(6-2)23(30)25-21/h11-13,15,21H,5-10,14H2,1-4H3,(H,24,27)(H,25,30). The van der Waals surface area contributed by atoms with E-state index in [-0.39, 0.29) is 11.9 Å². The smallest absolute Gasteiger partial charge is 0.338 e. The summed E-state index contributed by atoms with van der Waals surface area (Å²) in [5.41, 5.74) is 2.88. The number of benzene rings is 1. The maximum atomic E-state index is 12.7. The maximum Gasteiger partial charge on any atom is 0.338 e. The van der Waals surface area contributed by atoms with Gasteiger partial charge in [-0.05, 0) is 57.1 Å². The van der Waals surface area contributed by atoms with E-state index in [4.69, 9.17) is 17.0 Å². The number of hydrogen-bond donors (Lipinski definition) is 2. The largest absolute Gasteiger partial charge is 0.463 e. The van der Waals surface area contributed by atoms with Gasteiger partial charge in [-0.3, -0.25) is 4.79 Å². The Labute approximate surface area is 185 Å². The van der Waals surface area contributed by atoms with Gasteiger partial charge in [-0.2, -0.15) is 0 Å². The van der Waals surface area contributed by atoms with E-state index >= 15 is 0 Å². The average Bonchev–Trinajstić information content (AvgIpc) is 2.71. The number of nitrogens with one attached hydrogen (secondary N) is 2. The van der Waals surface area contributed by atoms with Gasteiger partial charge < -0.3 is 20.3 Å². The molecule has 0 saturated carbocycles. The number of carbonyl (C=O) groups is 2. The van der Waals surface area contributed by atoms with Crippen LogP contribution in [0.4, 0.5) is 5.69 Å². The molecule has 1 amide bonds. The molecule has 30 heavy (non-hydrogen) atoms. The van der Waals surface area contributed by atoms with Gasteiger partial charge >= 0.3 is 5.97 Å². The van der Waals surface area contributed by atoms with E-state index in [1.54, 1.807) is 6.92 Å². The zero-order valence-corrected chi connectivity index (χ0v) is 19.2. The normalized spacial score (nSPS) is 16.3. The highest BCUT2D eigenvalue weighted by molar-refractivity contribution is 7.80. The van der Waals surface area contributed by atoms with Crippen LogP contribution in [0.3, 0.4) is 0 Å². The molecule has 1 aromatic carbocycles. The van der Waals surface area contributed by atoms with Gasteiger partial charge in [-0.1, -0.05) is 38.3 Å². The van der Waals surface area contributed by atoms with Gasteiger partial charge in [0.2, 0.25) is 5.91 Å². The van der Waals surface area contributed by atoms with Crippen LogP contribution in [0.25, 0.3) is 0 Å². The van der Waals surface area contributed by atoms with Crippen LogP contribution in [-0.2, 0) is 14.3 Å². The fourth-order valence-electron chi connectivity index (χ4n) is 3.62. The van der Waals surface area contributed by atoms with Crippen LogP contribution in [0.2, 0.25) is 0 Å². The fourth-order valence-corrected chi connectivity index (χ4v) is 4.00. The molecule has 1 unspecified atom stereocenters. The monoisotopic (exact) mass is 431 g/mol. The molecule has 0 aliphatic carbocycles. The Morgan fingerprint density at radius 1 is 1.20 bits per heavy atom. The van der Waals surface area contributed by atoms with Crippen LogP contribution >= 0.6 is 12.2 Å². The number of hydrogen-bond acceptors (Lipinski definition) is 4. The number of anilines is 1. The van der Waals surface area contributed by atoms with Gasteiger partial charge in [-0.25, -0.2) is 4.79 Å². The Bertz CT molecular complexity index is 807. The fraction of sp³-hybridized carbons (Fsp3) is 0.522. The highest BCUT2D eigenvalue weighted by atomic mass is 32.1. The molecule has 1 atom stereocenters. The summed E-state index contributed by atoms with van der Waals surface area (Å²) in [6.07, 6.45) is 4.75. The summed E-state index contributed by atoms with van der Waals surface area (Å²) in [5.74, 6) is -0.358. The Morgan fingerprint density at radius 3 is 2.63 bits per heavy atom. The molecule has 164 valence electrons. The number of thiocarbonyl (C=S) groups is 1. The Balaban J connectivity index is 2.25. The molecule has 1 aliphatic rings. The zero-order valence-electron chi connectivity index (χ0n) is 18.4. The van der Waals surface area contributed by atoms with Crippen LogP contribution in [-0.4, -0.2) is 35.0 Å². The van der Waals surface area contributed by atoms with Crippen LogP contribution in [0.15, 0.2) is 35.5 Å².